The fourth-order valence-corrected chi connectivity index (χ4v) is 6.34. The normalized spacial score (nSPS) is 23.5. The highest BCUT2D eigenvalue weighted by molar-refractivity contribution is 5.80. The highest BCUT2D eigenvalue weighted by Gasteiger charge is 2.45. The Morgan fingerprint density at radius 3 is 2.53 bits per heavy atom. The van der Waals surface area contributed by atoms with Gasteiger partial charge in [0.15, 0.2) is 11.5 Å². The molecule has 10 nitrogen and oxygen atoms in total. The molecule has 2 bridgehead atoms. The van der Waals surface area contributed by atoms with E-state index in [2.05, 4.69) is 20.1 Å². The van der Waals surface area contributed by atoms with Gasteiger partial charge in [-0.05, 0) is 50.5 Å². The lowest BCUT2D eigenvalue weighted by Gasteiger charge is -2.39. The van der Waals surface area contributed by atoms with E-state index < -0.39 is 6.61 Å². The van der Waals surface area contributed by atoms with Crippen molar-refractivity contribution < 1.29 is 9.90 Å². The van der Waals surface area contributed by atoms with Crippen molar-refractivity contribution in [2.24, 2.45) is 0 Å². The highest BCUT2D eigenvalue weighted by atomic mass is 16.3. The van der Waals surface area contributed by atoms with E-state index in [0.29, 0.717) is 11.7 Å². The Morgan fingerprint density at radius 1 is 1.08 bits per heavy atom. The van der Waals surface area contributed by atoms with Crippen LogP contribution in [0, 0.1) is 0 Å². The second kappa shape index (κ2) is 8.12. The number of imidazole rings is 1. The zero-order valence-corrected chi connectivity index (χ0v) is 19.8. The molecular formula is C26H28N8O2. The van der Waals surface area contributed by atoms with Gasteiger partial charge in [-0.1, -0.05) is 6.07 Å². The maximum atomic E-state index is 12.4. The van der Waals surface area contributed by atoms with Crippen molar-refractivity contribution in [3.8, 4) is 22.6 Å². The summed E-state index contributed by atoms with van der Waals surface area (Å²) in [6.07, 6.45) is 13.0. The summed E-state index contributed by atoms with van der Waals surface area (Å²) in [6.45, 7) is -0.423. The molecule has 1 saturated carbocycles. The third-order valence-electron chi connectivity index (χ3n) is 8.09. The summed E-state index contributed by atoms with van der Waals surface area (Å²) in [6, 6.07) is 4.25. The molecule has 184 valence electrons. The number of aliphatic hydroxyl groups is 1. The van der Waals surface area contributed by atoms with Crippen molar-refractivity contribution in [3.63, 3.8) is 0 Å². The number of hydrogen-bond donors (Lipinski definition) is 3. The number of nitrogens with one attached hydrogen (secondary N) is 1. The smallest absolute Gasteiger partial charge is 0.248 e. The summed E-state index contributed by atoms with van der Waals surface area (Å²) >= 11 is 0. The van der Waals surface area contributed by atoms with Crippen molar-refractivity contribution >= 4 is 17.4 Å². The molecule has 2 aliphatic heterocycles. The molecule has 3 fully saturated rings. The number of amides is 1. The first kappa shape index (κ1) is 21.5. The Hall–Kier alpha value is -3.79. The Labute approximate surface area is 207 Å². The summed E-state index contributed by atoms with van der Waals surface area (Å²) in [5.41, 5.74) is 12.3. The number of H-pyrrole nitrogens is 1. The van der Waals surface area contributed by atoms with Gasteiger partial charge in [0.05, 0.1) is 11.9 Å². The Balaban J connectivity index is 1.29. The van der Waals surface area contributed by atoms with Crippen LogP contribution >= 0.6 is 0 Å². The second-order valence-electron chi connectivity index (χ2n) is 10.2. The lowest BCUT2D eigenvalue weighted by Crippen LogP contribution is -2.47. The van der Waals surface area contributed by atoms with Gasteiger partial charge in [-0.2, -0.15) is 9.61 Å². The third kappa shape index (κ3) is 3.31. The second-order valence-corrected chi connectivity index (χ2v) is 10.2. The monoisotopic (exact) mass is 484 g/mol. The first-order valence-electron chi connectivity index (χ1n) is 12.7. The van der Waals surface area contributed by atoms with Gasteiger partial charge >= 0.3 is 0 Å². The van der Waals surface area contributed by atoms with Crippen molar-refractivity contribution in [3.05, 3.63) is 48.2 Å². The quantitative estimate of drug-likeness (QED) is 0.396. The van der Waals surface area contributed by atoms with Crippen LogP contribution in [0.25, 0.3) is 28.3 Å². The average molecular weight is 485 g/mol. The van der Waals surface area contributed by atoms with E-state index in [1.165, 1.54) is 0 Å². The number of pyridine rings is 1. The summed E-state index contributed by atoms with van der Waals surface area (Å²) in [4.78, 5) is 31.5. The van der Waals surface area contributed by atoms with Crippen molar-refractivity contribution in [2.75, 3.05) is 12.3 Å². The number of nitrogens with zero attached hydrogens (tertiary/aromatic N) is 6. The molecule has 10 heteroatoms. The largest absolute Gasteiger partial charge is 0.387 e. The summed E-state index contributed by atoms with van der Waals surface area (Å²) in [5, 5.41) is 14.1. The number of nitrogens with two attached hydrogens (primary N) is 1. The van der Waals surface area contributed by atoms with Crippen LogP contribution in [0.15, 0.2) is 36.9 Å². The number of piperidine rings is 1. The fourth-order valence-electron chi connectivity index (χ4n) is 6.34. The Bertz CT molecular complexity index is 1430. The molecule has 2 unspecified atom stereocenters. The minimum Gasteiger partial charge on any atom is -0.387 e. The molecule has 2 saturated heterocycles. The number of anilines is 1. The molecule has 0 aromatic carbocycles. The van der Waals surface area contributed by atoms with Gasteiger partial charge in [-0.25, -0.2) is 9.97 Å². The fraction of sp³-hybridized carbons (Fsp3) is 0.423. The minimum absolute atomic E-state index is 0.155. The van der Waals surface area contributed by atoms with Crippen molar-refractivity contribution in [1.82, 2.24) is 34.4 Å². The molecule has 0 radical (unpaired) electrons. The molecule has 6 heterocycles. The lowest BCUT2D eigenvalue weighted by molar-refractivity contribution is -0.138. The van der Waals surface area contributed by atoms with Gasteiger partial charge in [0.25, 0.3) is 0 Å². The van der Waals surface area contributed by atoms with Gasteiger partial charge in [0.2, 0.25) is 5.91 Å². The van der Waals surface area contributed by atoms with E-state index in [1.54, 1.807) is 16.9 Å². The topological polar surface area (TPSA) is 138 Å². The molecule has 1 amide bonds. The zero-order valence-electron chi connectivity index (χ0n) is 19.8. The number of hydrogen-bond acceptors (Lipinski definition) is 7. The van der Waals surface area contributed by atoms with Crippen LogP contribution in [0.1, 0.15) is 61.6 Å². The molecule has 3 aliphatic rings. The predicted octanol–water partition coefficient (Wildman–Crippen LogP) is 2.87. The zero-order chi connectivity index (χ0) is 24.4. The van der Waals surface area contributed by atoms with E-state index in [1.807, 2.05) is 29.4 Å². The number of rotatable bonds is 5. The molecule has 36 heavy (non-hydrogen) atoms. The van der Waals surface area contributed by atoms with Crippen LogP contribution in [0.4, 0.5) is 5.82 Å². The molecule has 2 atom stereocenters. The Morgan fingerprint density at radius 2 is 1.89 bits per heavy atom. The Kier molecular flexibility index (Phi) is 4.85. The van der Waals surface area contributed by atoms with Gasteiger partial charge in [0.1, 0.15) is 18.1 Å². The van der Waals surface area contributed by atoms with Gasteiger partial charge in [-0.3, -0.25) is 9.78 Å². The summed E-state index contributed by atoms with van der Waals surface area (Å²) in [5.74, 6) is 1.89. The molecule has 4 aromatic heterocycles. The lowest BCUT2D eigenvalue weighted by atomic mass is 9.85. The summed E-state index contributed by atoms with van der Waals surface area (Å²) in [7, 11) is 0. The van der Waals surface area contributed by atoms with Crippen molar-refractivity contribution in [2.45, 2.75) is 62.4 Å². The number of aromatic nitrogens is 6. The van der Waals surface area contributed by atoms with E-state index in [4.69, 9.17) is 10.7 Å². The number of carbonyl (C=O) groups is 1. The van der Waals surface area contributed by atoms with E-state index >= 15 is 0 Å². The number of nitrogen functional groups attached to an aromatic ring is 1. The van der Waals surface area contributed by atoms with Crippen LogP contribution in [0.2, 0.25) is 0 Å². The van der Waals surface area contributed by atoms with E-state index in [-0.39, 0.29) is 23.9 Å². The molecule has 7 rings (SSSR count). The van der Waals surface area contributed by atoms with Crippen LogP contribution in [-0.2, 0) is 4.79 Å². The van der Waals surface area contributed by atoms with E-state index in [9.17, 15) is 9.90 Å². The van der Waals surface area contributed by atoms with Gasteiger partial charge < -0.3 is 20.7 Å². The predicted molar refractivity (Wildman–Crippen MR) is 133 cm³/mol. The van der Waals surface area contributed by atoms with Crippen LogP contribution in [0.5, 0.6) is 0 Å². The maximum absolute atomic E-state index is 12.4. The first-order valence-corrected chi connectivity index (χ1v) is 12.7. The number of carbonyl (C=O) groups excluding carboxylic acids is 1. The van der Waals surface area contributed by atoms with Crippen molar-refractivity contribution in [1.29, 1.82) is 0 Å². The van der Waals surface area contributed by atoms with Crippen LogP contribution in [0.3, 0.4) is 0 Å². The van der Waals surface area contributed by atoms with E-state index in [0.717, 1.165) is 78.1 Å². The minimum atomic E-state index is -0.423. The van der Waals surface area contributed by atoms with Crippen LogP contribution in [-0.4, -0.2) is 64.2 Å². The number of fused-ring (bicyclic) bond motifs is 3. The first-order chi connectivity index (χ1) is 17.6. The number of aromatic amines is 1. The SMILES string of the molecule is Nc1c(C2CC2)c(C2CC3CCC(C2)N3C(=O)CO)nc2c(-c3ccc(-c4ncc[nH]4)nc3)cnn12. The third-order valence-corrected chi connectivity index (χ3v) is 8.09. The standard InChI is InChI=1S/C26H28N8O2/c27-24-22(14-1-2-14)23(16-9-17-4-5-18(10-16)33(17)21(36)13-35)32-26-19(12-31-34(24)26)15-3-6-20(30-11-15)25-28-7-8-29-25/h3,6-8,11-12,14,16-18,35H,1-2,4-5,9-10,13,27H2,(H,28,29). The van der Waals surface area contributed by atoms with Gasteiger partial charge in [-0.15, -0.1) is 0 Å². The average Bonchev–Trinajstić information content (AvgIpc) is 3.29. The molecule has 1 aliphatic carbocycles. The maximum Gasteiger partial charge on any atom is 0.248 e. The molecule has 4 N–H and O–H groups in total. The molecular weight excluding hydrogens is 456 g/mol. The molecule has 4 aromatic rings. The summed E-state index contributed by atoms with van der Waals surface area (Å²) < 4.78 is 1.77. The number of aliphatic hydroxyl groups excluding tert-OH is 1. The van der Waals surface area contributed by atoms with Crippen LogP contribution < -0.4 is 5.73 Å². The highest BCUT2D eigenvalue weighted by Crippen LogP contribution is 2.50. The molecule has 0 spiro atoms. The van der Waals surface area contributed by atoms with Gasteiger partial charge in [0, 0.05) is 53.3 Å².